The first-order valence-corrected chi connectivity index (χ1v) is 4.41. The van der Waals surface area contributed by atoms with Crippen LogP contribution in [0.15, 0.2) is 29.4 Å². The molecule has 0 saturated carbocycles. The van der Waals surface area contributed by atoms with Gasteiger partial charge in [0.2, 0.25) is 0 Å². The quantitative estimate of drug-likeness (QED) is 0.308. The number of benzene rings is 1. The first kappa shape index (κ1) is 10.3. The molecule has 0 aliphatic carbocycles. The number of hydrogen-bond acceptors (Lipinski definition) is 2. The predicted octanol–water partition coefficient (Wildman–Crippen LogP) is 2.37. The summed E-state index contributed by atoms with van der Waals surface area (Å²) in [6.45, 7) is 4.15. The summed E-state index contributed by atoms with van der Waals surface area (Å²) in [6, 6.07) is 8.08. The summed E-state index contributed by atoms with van der Waals surface area (Å²) in [7, 11) is 0. The highest BCUT2D eigenvalue weighted by Crippen LogP contribution is 2.05. The van der Waals surface area contributed by atoms with E-state index in [9.17, 15) is 0 Å². The SMILES string of the molecule is C#CCON=C(C)c1cccc(C)c1. The van der Waals surface area contributed by atoms with Crippen LogP contribution in [0.4, 0.5) is 0 Å². The van der Waals surface area contributed by atoms with Gasteiger partial charge in [-0.1, -0.05) is 40.9 Å². The van der Waals surface area contributed by atoms with Crippen LogP contribution in [0.1, 0.15) is 18.1 Å². The van der Waals surface area contributed by atoms with Crippen molar-refractivity contribution >= 4 is 5.71 Å². The van der Waals surface area contributed by atoms with Gasteiger partial charge in [0.05, 0.1) is 5.71 Å². The minimum absolute atomic E-state index is 0.211. The third-order valence-corrected chi connectivity index (χ3v) is 1.79. The number of oxime groups is 1. The van der Waals surface area contributed by atoms with Gasteiger partial charge in [-0.3, -0.25) is 0 Å². The molecule has 0 bridgehead atoms. The molecule has 0 atom stereocenters. The third kappa shape index (κ3) is 2.95. The van der Waals surface area contributed by atoms with Crippen LogP contribution in [0.5, 0.6) is 0 Å². The molecule has 0 heterocycles. The molecule has 0 unspecified atom stereocenters. The summed E-state index contributed by atoms with van der Waals surface area (Å²) < 4.78 is 0. The highest BCUT2D eigenvalue weighted by Gasteiger charge is 1.96. The molecule has 2 heteroatoms. The standard InChI is InChI=1S/C12H13NO/c1-4-8-14-13-11(3)12-7-5-6-10(2)9-12/h1,5-7,9H,8H2,2-3H3. The average molecular weight is 187 g/mol. The minimum Gasteiger partial charge on any atom is -0.382 e. The van der Waals surface area contributed by atoms with Gasteiger partial charge in [0.15, 0.2) is 6.61 Å². The van der Waals surface area contributed by atoms with E-state index in [1.54, 1.807) is 0 Å². The zero-order valence-electron chi connectivity index (χ0n) is 8.45. The Morgan fingerprint density at radius 1 is 1.57 bits per heavy atom. The van der Waals surface area contributed by atoms with Crippen LogP contribution in [0.2, 0.25) is 0 Å². The number of rotatable bonds is 3. The van der Waals surface area contributed by atoms with Gasteiger partial charge in [-0.05, 0) is 19.4 Å². The molecule has 1 aromatic rings. The van der Waals surface area contributed by atoms with Crippen LogP contribution in [-0.2, 0) is 4.84 Å². The second kappa shape index (κ2) is 5.08. The summed E-state index contributed by atoms with van der Waals surface area (Å²) in [5.74, 6) is 2.36. The molecule has 1 aromatic carbocycles. The summed E-state index contributed by atoms with van der Waals surface area (Å²) in [4.78, 5) is 4.89. The number of nitrogens with zero attached hydrogens (tertiary/aromatic N) is 1. The van der Waals surface area contributed by atoms with E-state index in [1.807, 2.05) is 32.0 Å². The van der Waals surface area contributed by atoms with Gasteiger partial charge >= 0.3 is 0 Å². The van der Waals surface area contributed by atoms with E-state index in [2.05, 4.69) is 17.1 Å². The molecule has 0 fully saturated rings. The minimum atomic E-state index is 0.211. The Morgan fingerprint density at radius 2 is 2.36 bits per heavy atom. The molecule has 1 rings (SSSR count). The van der Waals surface area contributed by atoms with Crippen LogP contribution in [0.25, 0.3) is 0 Å². The lowest BCUT2D eigenvalue weighted by Gasteiger charge is -2.01. The van der Waals surface area contributed by atoms with Gasteiger partial charge in [-0.2, -0.15) is 0 Å². The molecule has 0 aliphatic rings. The van der Waals surface area contributed by atoms with E-state index in [0.717, 1.165) is 11.3 Å². The number of aryl methyl sites for hydroxylation is 1. The maximum absolute atomic E-state index is 5.03. The maximum Gasteiger partial charge on any atom is 0.177 e. The van der Waals surface area contributed by atoms with E-state index in [-0.39, 0.29) is 6.61 Å². The molecule has 0 amide bonds. The van der Waals surface area contributed by atoms with Crippen molar-refractivity contribution in [3.05, 3.63) is 35.4 Å². The lowest BCUT2D eigenvalue weighted by atomic mass is 10.1. The highest BCUT2D eigenvalue weighted by molar-refractivity contribution is 5.98. The van der Waals surface area contributed by atoms with Gasteiger partial charge < -0.3 is 4.84 Å². The van der Waals surface area contributed by atoms with Crippen molar-refractivity contribution in [2.75, 3.05) is 6.61 Å². The summed E-state index contributed by atoms with van der Waals surface area (Å²) >= 11 is 0. The smallest absolute Gasteiger partial charge is 0.177 e. The fourth-order valence-electron chi connectivity index (χ4n) is 1.09. The van der Waals surface area contributed by atoms with Crippen molar-refractivity contribution in [2.24, 2.45) is 5.16 Å². The van der Waals surface area contributed by atoms with Gasteiger partial charge in [0.25, 0.3) is 0 Å². The van der Waals surface area contributed by atoms with Crippen LogP contribution in [-0.4, -0.2) is 12.3 Å². The molecule has 14 heavy (non-hydrogen) atoms. The monoisotopic (exact) mass is 187 g/mol. The second-order valence-corrected chi connectivity index (χ2v) is 3.02. The Morgan fingerprint density at radius 3 is 3.00 bits per heavy atom. The molecule has 0 aromatic heterocycles. The normalized spacial score (nSPS) is 10.8. The first-order chi connectivity index (χ1) is 6.74. The Balaban J connectivity index is 2.74. The Kier molecular flexibility index (Phi) is 3.75. The zero-order valence-corrected chi connectivity index (χ0v) is 8.45. The Hall–Kier alpha value is -1.75. The van der Waals surface area contributed by atoms with Gasteiger partial charge in [-0.15, -0.1) is 6.42 Å². The van der Waals surface area contributed by atoms with Gasteiger partial charge in [0.1, 0.15) is 0 Å². The number of terminal acetylenes is 1. The van der Waals surface area contributed by atoms with Crippen molar-refractivity contribution in [3.8, 4) is 12.3 Å². The zero-order chi connectivity index (χ0) is 10.4. The topological polar surface area (TPSA) is 21.6 Å². The van der Waals surface area contributed by atoms with Crippen molar-refractivity contribution < 1.29 is 4.84 Å². The van der Waals surface area contributed by atoms with E-state index in [4.69, 9.17) is 11.3 Å². The van der Waals surface area contributed by atoms with Crippen molar-refractivity contribution in [1.29, 1.82) is 0 Å². The maximum atomic E-state index is 5.03. The fraction of sp³-hybridized carbons (Fsp3) is 0.250. The van der Waals surface area contributed by atoms with Crippen molar-refractivity contribution in [3.63, 3.8) is 0 Å². The lowest BCUT2D eigenvalue weighted by molar-refractivity contribution is 0.180. The molecule has 2 nitrogen and oxygen atoms in total. The molecular weight excluding hydrogens is 174 g/mol. The van der Waals surface area contributed by atoms with Gasteiger partial charge in [0, 0.05) is 0 Å². The fourth-order valence-corrected chi connectivity index (χ4v) is 1.09. The molecule has 0 saturated heterocycles. The predicted molar refractivity (Wildman–Crippen MR) is 58.2 cm³/mol. The summed E-state index contributed by atoms with van der Waals surface area (Å²) in [5.41, 5.74) is 3.10. The first-order valence-electron chi connectivity index (χ1n) is 4.41. The Labute approximate surface area is 84.6 Å². The lowest BCUT2D eigenvalue weighted by Crippen LogP contribution is -1.96. The third-order valence-electron chi connectivity index (χ3n) is 1.79. The average Bonchev–Trinajstić information content (AvgIpc) is 2.18. The summed E-state index contributed by atoms with van der Waals surface area (Å²) in [5, 5.41) is 3.90. The van der Waals surface area contributed by atoms with Crippen LogP contribution >= 0.6 is 0 Å². The second-order valence-electron chi connectivity index (χ2n) is 3.02. The molecular formula is C12H13NO. The Bertz CT molecular complexity index is 374. The van der Waals surface area contributed by atoms with Gasteiger partial charge in [-0.25, -0.2) is 0 Å². The van der Waals surface area contributed by atoms with E-state index < -0.39 is 0 Å². The van der Waals surface area contributed by atoms with Crippen LogP contribution in [0, 0.1) is 19.3 Å². The number of hydrogen-bond donors (Lipinski definition) is 0. The molecule has 0 spiro atoms. The summed E-state index contributed by atoms with van der Waals surface area (Å²) in [6.07, 6.45) is 5.03. The molecule has 0 aliphatic heterocycles. The van der Waals surface area contributed by atoms with Crippen LogP contribution in [0.3, 0.4) is 0 Å². The molecule has 0 radical (unpaired) electrons. The molecule has 72 valence electrons. The van der Waals surface area contributed by atoms with Crippen LogP contribution < -0.4 is 0 Å². The van der Waals surface area contributed by atoms with E-state index >= 15 is 0 Å². The largest absolute Gasteiger partial charge is 0.382 e. The van der Waals surface area contributed by atoms with Crippen molar-refractivity contribution in [2.45, 2.75) is 13.8 Å². The molecule has 0 N–H and O–H groups in total. The van der Waals surface area contributed by atoms with Crippen molar-refractivity contribution in [1.82, 2.24) is 0 Å². The van der Waals surface area contributed by atoms with E-state index in [1.165, 1.54) is 5.56 Å². The highest BCUT2D eigenvalue weighted by atomic mass is 16.6. The van der Waals surface area contributed by atoms with E-state index in [0.29, 0.717) is 0 Å².